The van der Waals surface area contributed by atoms with E-state index in [0.29, 0.717) is 10.2 Å². The molecule has 0 atom stereocenters. The third-order valence-electron chi connectivity index (χ3n) is 2.21. The van der Waals surface area contributed by atoms with Crippen LogP contribution in [0.3, 0.4) is 0 Å². The predicted octanol–water partition coefficient (Wildman–Crippen LogP) is 3.43. The van der Waals surface area contributed by atoms with Gasteiger partial charge in [-0.1, -0.05) is 6.07 Å². The van der Waals surface area contributed by atoms with Gasteiger partial charge in [-0.2, -0.15) is 0 Å². The minimum absolute atomic E-state index is 0.0619. The van der Waals surface area contributed by atoms with Gasteiger partial charge in [0, 0.05) is 4.47 Å². The zero-order valence-corrected chi connectivity index (χ0v) is 10.6. The number of aromatic nitrogens is 1. The lowest BCUT2D eigenvalue weighted by Gasteiger charge is -2.09. The van der Waals surface area contributed by atoms with Crippen LogP contribution in [0.1, 0.15) is 10.5 Å². The van der Waals surface area contributed by atoms with E-state index in [1.807, 2.05) is 0 Å². The van der Waals surface area contributed by atoms with Crippen LogP contribution in [0.15, 0.2) is 41.0 Å². The number of carbonyl (C=O) groups is 1. The average molecular weight is 311 g/mol. The Morgan fingerprint density at radius 3 is 2.67 bits per heavy atom. The second kappa shape index (κ2) is 5.14. The van der Waals surface area contributed by atoms with Crippen LogP contribution in [0.2, 0.25) is 0 Å². The second-order valence-electron chi connectivity index (χ2n) is 3.46. The molecule has 2 aromatic rings. The lowest BCUT2D eigenvalue weighted by molar-refractivity contribution is 0.0690. The number of para-hydroxylation sites is 1. The molecule has 18 heavy (non-hydrogen) atoms. The molecule has 0 aliphatic carbocycles. The van der Waals surface area contributed by atoms with E-state index >= 15 is 0 Å². The summed E-state index contributed by atoms with van der Waals surface area (Å²) in [5.41, 5.74) is 0.723. The van der Waals surface area contributed by atoms with Crippen LogP contribution in [0.25, 0.3) is 0 Å². The first-order valence-electron chi connectivity index (χ1n) is 4.98. The first kappa shape index (κ1) is 12.5. The van der Waals surface area contributed by atoms with Gasteiger partial charge in [0.15, 0.2) is 0 Å². The SMILES string of the molecule is O=C(O)c1ccc(Nc2c(F)cccc2Br)cn1. The van der Waals surface area contributed by atoms with Gasteiger partial charge in [-0.15, -0.1) is 0 Å². The van der Waals surface area contributed by atoms with Gasteiger partial charge in [-0.3, -0.25) is 0 Å². The summed E-state index contributed by atoms with van der Waals surface area (Å²) in [7, 11) is 0. The highest BCUT2D eigenvalue weighted by Gasteiger charge is 2.08. The summed E-state index contributed by atoms with van der Waals surface area (Å²) in [6.07, 6.45) is 1.34. The third-order valence-corrected chi connectivity index (χ3v) is 2.88. The van der Waals surface area contributed by atoms with Crippen molar-refractivity contribution in [3.05, 3.63) is 52.5 Å². The van der Waals surface area contributed by atoms with Crippen molar-refractivity contribution in [3.8, 4) is 0 Å². The van der Waals surface area contributed by atoms with Crippen LogP contribution in [-0.4, -0.2) is 16.1 Å². The predicted molar refractivity (Wildman–Crippen MR) is 68.6 cm³/mol. The summed E-state index contributed by atoms with van der Waals surface area (Å²) in [5.74, 6) is -1.51. The molecule has 0 saturated carbocycles. The molecule has 0 unspecified atom stereocenters. The topological polar surface area (TPSA) is 62.2 Å². The lowest BCUT2D eigenvalue weighted by Crippen LogP contribution is -2.01. The van der Waals surface area contributed by atoms with Crippen molar-refractivity contribution in [1.29, 1.82) is 0 Å². The van der Waals surface area contributed by atoms with Crippen LogP contribution in [0.4, 0.5) is 15.8 Å². The van der Waals surface area contributed by atoms with Crippen molar-refractivity contribution in [2.45, 2.75) is 0 Å². The monoisotopic (exact) mass is 310 g/mol. The van der Waals surface area contributed by atoms with E-state index in [2.05, 4.69) is 26.2 Å². The van der Waals surface area contributed by atoms with Crippen molar-refractivity contribution in [3.63, 3.8) is 0 Å². The molecule has 0 bridgehead atoms. The summed E-state index contributed by atoms with van der Waals surface area (Å²) >= 11 is 3.23. The highest BCUT2D eigenvalue weighted by atomic mass is 79.9. The van der Waals surface area contributed by atoms with E-state index in [0.717, 1.165) is 0 Å². The van der Waals surface area contributed by atoms with Gasteiger partial charge in [0.25, 0.3) is 0 Å². The first-order chi connectivity index (χ1) is 8.58. The second-order valence-corrected chi connectivity index (χ2v) is 4.31. The number of nitrogens with one attached hydrogen (secondary N) is 1. The van der Waals surface area contributed by atoms with E-state index in [1.165, 1.54) is 24.4 Å². The van der Waals surface area contributed by atoms with Crippen LogP contribution in [-0.2, 0) is 0 Å². The number of halogens is 2. The lowest BCUT2D eigenvalue weighted by atomic mass is 10.3. The van der Waals surface area contributed by atoms with Gasteiger partial charge in [-0.05, 0) is 40.2 Å². The molecule has 0 aliphatic rings. The molecule has 92 valence electrons. The minimum Gasteiger partial charge on any atom is -0.477 e. The van der Waals surface area contributed by atoms with Crippen LogP contribution >= 0.6 is 15.9 Å². The number of nitrogens with zero attached hydrogens (tertiary/aromatic N) is 1. The molecule has 2 rings (SSSR count). The van der Waals surface area contributed by atoms with Crippen LogP contribution < -0.4 is 5.32 Å². The van der Waals surface area contributed by atoms with Crippen LogP contribution in [0, 0.1) is 5.82 Å². The van der Waals surface area contributed by atoms with Gasteiger partial charge in [0.05, 0.1) is 17.6 Å². The van der Waals surface area contributed by atoms with Gasteiger partial charge in [-0.25, -0.2) is 14.2 Å². The Morgan fingerprint density at radius 2 is 2.11 bits per heavy atom. The molecule has 2 N–H and O–H groups in total. The van der Waals surface area contributed by atoms with E-state index < -0.39 is 11.8 Å². The standard InChI is InChI=1S/C12H8BrFN2O2/c13-8-2-1-3-9(14)11(8)16-7-4-5-10(12(17)18)15-6-7/h1-6,16H,(H,17,18). The maximum absolute atomic E-state index is 13.5. The zero-order valence-electron chi connectivity index (χ0n) is 9.02. The van der Waals surface area contributed by atoms with Crippen molar-refractivity contribution >= 4 is 33.3 Å². The Morgan fingerprint density at radius 1 is 1.33 bits per heavy atom. The fourth-order valence-electron chi connectivity index (χ4n) is 1.36. The smallest absolute Gasteiger partial charge is 0.354 e. The summed E-state index contributed by atoms with van der Waals surface area (Å²) in [6.45, 7) is 0. The fourth-order valence-corrected chi connectivity index (χ4v) is 1.80. The largest absolute Gasteiger partial charge is 0.477 e. The number of aromatic carboxylic acids is 1. The maximum atomic E-state index is 13.5. The van der Waals surface area contributed by atoms with E-state index in [-0.39, 0.29) is 11.4 Å². The summed E-state index contributed by atoms with van der Waals surface area (Å²) in [5, 5.41) is 11.5. The normalized spacial score (nSPS) is 10.1. The average Bonchev–Trinajstić information content (AvgIpc) is 2.34. The molecule has 0 aliphatic heterocycles. The van der Waals surface area contributed by atoms with Gasteiger partial charge in [0.1, 0.15) is 11.5 Å². The van der Waals surface area contributed by atoms with Crippen molar-refractivity contribution < 1.29 is 14.3 Å². The zero-order chi connectivity index (χ0) is 13.1. The van der Waals surface area contributed by atoms with Crippen LogP contribution in [0.5, 0.6) is 0 Å². The summed E-state index contributed by atoms with van der Waals surface area (Å²) < 4.78 is 14.1. The molecule has 1 aromatic carbocycles. The molecule has 0 spiro atoms. The Balaban J connectivity index is 2.26. The summed E-state index contributed by atoms with van der Waals surface area (Å²) in [4.78, 5) is 14.4. The highest BCUT2D eigenvalue weighted by Crippen LogP contribution is 2.28. The quantitative estimate of drug-likeness (QED) is 0.911. The number of benzene rings is 1. The van der Waals surface area contributed by atoms with Crippen molar-refractivity contribution in [2.75, 3.05) is 5.32 Å². The molecule has 6 heteroatoms. The molecule has 1 aromatic heterocycles. The Hall–Kier alpha value is -1.95. The molecular weight excluding hydrogens is 303 g/mol. The Bertz CT molecular complexity index is 567. The minimum atomic E-state index is -1.10. The number of hydrogen-bond acceptors (Lipinski definition) is 3. The molecule has 0 amide bonds. The molecule has 0 radical (unpaired) electrons. The molecule has 0 fully saturated rings. The number of carboxylic acids is 1. The number of anilines is 2. The highest BCUT2D eigenvalue weighted by molar-refractivity contribution is 9.10. The van der Waals surface area contributed by atoms with Crippen molar-refractivity contribution in [2.24, 2.45) is 0 Å². The molecule has 1 heterocycles. The fraction of sp³-hybridized carbons (Fsp3) is 0. The Labute approximate surface area is 111 Å². The first-order valence-corrected chi connectivity index (χ1v) is 5.77. The number of carboxylic acid groups (broad SMARTS) is 1. The van der Waals surface area contributed by atoms with Gasteiger partial charge < -0.3 is 10.4 Å². The molecule has 0 saturated heterocycles. The van der Waals surface area contributed by atoms with Gasteiger partial charge >= 0.3 is 5.97 Å². The molecular formula is C12H8BrFN2O2. The maximum Gasteiger partial charge on any atom is 0.354 e. The number of pyridine rings is 1. The summed E-state index contributed by atoms with van der Waals surface area (Å²) in [6, 6.07) is 7.47. The molecule has 4 nitrogen and oxygen atoms in total. The van der Waals surface area contributed by atoms with E-state index in [1.54, 1.807) is 12.1 Å². The van der Waals surface area contributed by atoms with E-state index in [9.17, 15) is 9.18 Å². The number of rotatable bonds is 3. The van der Waals surface area contributed by atoms with E-state index in [4.69, 9.17) is 5.11 Å². The van der Waals surface area contributed by atoms with Crippen molar-refractivity contribution in [1.82, 2.24) is 4.98 Å². The van der Waals surface area contributed by atoms with Gasteiger partial charge in [0.2, 0.25) is 0 Å². The Kier molecular flexibility index (Phi) is 3.57. The number of hydrogen-bond donors (Lipinski definition) is 2. The third kappa shape index (κ3) is 2.65.